The molecule has 0 unspecified atom stereocenters. The van der Waals surface area contributed by atoms with Crippen LogP contribution in [0.25, 0.3) is 6.08 Å². The molecule has 0 spiro atoms. The lowest BCUT2D eigenvalue weighted by atomic mass is 10.2. The zero-order valence-corrected chi connectivity index (χ0v) is 9.34. The molecular weight excluding hydrogens is 190 g/mol. The van der Waals surface area contributed by atoms with Crippen LogP contribution in [0.3, 0.4) is 0 Å². The van der Waals surface area contributed by atoms with Crippen molar-refractivity contribution in [3.8, 4) is 0 Å². The number of rotatable bonds is 3. The van der Waals surface area contributed by atoms with Crippen molar-refractivity contribution in [1.82, 2.24) is 5.32 Å². The zero-order valence-electron chi connectivity index (χ0n) is 8.53. The lowest BCUT2D eigenvalue weighted by molar-refractivity contribution is 0.742. The van der Waals surface area contributed by atoms with Gasteiger partial charge in [-0.2, -0.15) is 0 Å². The van der Waals surface area contributed by atoms with Crippen LogP contribution in [0.5, 0.6) is 0 Å². The van der Waals surface area contributed by atoms with Crippen LogP contribution in [0.2, 0.25) is 0 Å². The van der Waals surface area contributed by atoms with E-state index in [1.54, 1.807) is 0 Å². The molecule has 0 aliphatic rings. The van der Waals surface area contributed by atoms with Crippen LogP contribution >= 0.6 is 12.2 Å². The number of hydrogen-bond acceptors (Lipinski definition) is 1. The Morgan fingerprint density at radius 1 is 1.29 bits per heavy atom. The van der Waals surface area contributed by atoms with Crippen LogP contribution in [0.1, 0.15) is 19.4 Å². The van der Waals surface area contributed by atoms with E-state index < -0.39 is 0 Å². The molecule has 0 saturated carbocycles. The molecule has 1 rings (SSSR count). The number of benzene rings is 1. The molecule has 0 aliphatic carbocycles. The second-order valence-corrected chi connectivity index (χ2v) is 3.85. The summed E-state index contributed by atoms with van der Waals surface area (Å²) in [5.74, 6) is 0. The van der Waals surface area contributed by atoms with Gasteiger partial charge >= 0.3 is 0 Å². The average Bonchev–Trinajstić information content (AvgIpc) is 2.15. The molecule has 0 aromatic heterocycles. The first kappa shape index (κ1) is 10.9. The van der Waals surface area contributed by atoms with Crippen LogP contribution in [-0.2, 0) is 0 Å². The predicted octanol–water partition coefficient (Wildman–Crippen LogP) is 3.03. The van der Waals surface area contributed by atoms with Gasteiger partial charge in [0.1, 0.15) is 0 Å². The second-order valence-electron chi connectivity index (χ2n) is 3.41. The van der Waals surface area contributed by atoms with E-state index in [2.05, 4.69) is 31.3 Å². The third kappa shape index (κ3) is 4.19. The number of thiocarbonyl (C=S) groups is 1. The van der Waals surface area contributed by atoms with Gasteiger partial charge in [-0.3, -0.25) is 0 Å². The summed E-state index contributed by atoms with van der Waals surface area (Å²) >= 11 is 5.13. The average molecular weight is 205 g/mol. The summed E-state index contributed by atoms with van der Waals surface area (Å²) in [4.78, 5) is 0.781. The van der Waals surface area contributed by atoms with Gasteiger partial charge in [0.25, 0.3) is 0 Å². The van der Waals surface area contributed by atoms with E-state index in [1.165, 1.54) is 5.56 Å². The molecule has 0 saturated heterocycles. The molecule has 0 heterocycles. The van der Waals surface area contributed by atoms with Crippen LogP contribution < -0.4 is 5.32 Å². The number of hydrogen-bond donors (Lipinski definition) is 1. The molecule has 1 aromatic rings. The van der Waals surface area contributed by atoms with Crippen molar-refractivity contribution in [2.75, 3.05) is 0 Å². The van der Waals surface area contributed by atoms with Gasteiger partial charge in [0.05, 0.1) is 4.99 Å². The molecule has 0 amide bonds. The van der Waals surface area contributed by atoms with Crippen molar-refractivity contribution in [3.63, 3.8) is 0 Å². The highest BCUT2D eigenvalue weighted by Crippen LogP contribution is 2.00. The summed E-state index contributed by atoms with van der Waals surface area (Å²) < 4.78 is 0. The Hall–Kier alpha value is -1.15. The summed E-state index contributed by atoms with van der Waals surface area (Å²) in [5.41, 5.74) is 1.17. The molecule has 2 heteroatoms. The Morgan fingerprint density at radius 2 is 1.93 bits per heavy atom. The third-order valence-corrected chi connectivity index (χ3v) is 1.91. The molecule has 0 aliphatic heterocycles. The lowest BCUT2D eigenvalue weighted by Gasteiger charge is -2.06. The van der Waals surface area contributed by atoms with Crippen LogP contribution in [0.15, 0.2) is 36.4 Å². The van der Waals surface area contributed by atoms with E-state index in [-0.39, 0.29) is 0 Å². The maximum Gasteiger partial charge on any atom is 0.0990 e. The molecular formula is C12H15NS. The Balaban J connectivity index is 2.52. The van der Waals surface area contributed by atoms with Crippen molar-refractivity contribution in [1.29, 1.82) is 0 Å². The first-order chi connectivity index (χ1) is 6.68. The Bertz CT molecular complexity index is 314. The fourth-order valence-corrected chi connectivity index (χ4v) is 1.37. The normalized spacial score (nSPS) is 10.8. The van der Waals surface area contributed by atoms with E-state index in [0.717, 1.165) is 4.99 Å². The summed E-state index contributed by atoms with van der Waals surface area (Å²) in [6.07, 6.45) is 3.93. The summed E-state index contributed by atoms with van der Waals surface area (Å²) in [5, 5.41) is 3.16. The van der Waals surface area contributed by atoms with Crippen molar-refractivity contribution >= 4 is 23.3 Å². The zero-order chi connectivity index (χ0) is 10.4. The minimum atomic E-state index is 0.392. The molecule has 1 N–H and O–H groups in total. The van der Waals surface area contributed by atoms with E-state index in [9.17, 15) is 0 Å². The van der Waals surface area contributed by atoms with Gasteiger partial charge in [0.2, 0.25) is 0 Å². The standard InChI is InChI=1S/C12H15NS/c1-10(2)13-12(14)9-8-11-6-4-3-5-7-11/h3-10H,1-2H3,(H,13,14)/b9-8+. The van der Waals surface area contributed by atoms with E-state index >= 15 is 0 Å². The highest BCUT2D eigenvalue weighted by atomic mass is 32.1. The molecule has 74 valence electrons. The summed E-state index contributed by atoms with van der Waals surface area (Å²) in [6.45, 7) is 4.14. The Labute approximate surface area is 90.8 Å². The molecule has 0 bridgehead atoms. The minimum Gasteiger partial charge on any atom is -0.374 e. The largest absolute Gasteiger partial charge is 0.374 e. The Morgan fingerprint density at radius 3 is 2.50 bits per heavy atom. The van der Waals surface area contributed by atoms with Crippen LogP contribution in [0, 0.1) is 0 Å². The smallest absolute Gasteiger partial charge is 0.0990 e. The third-order valence-electron chi connectivity index (χ3n) is 1.66. The van der Waals surface area contributed by atoms with Gasteiger partial charge < -0.3 is 5.32 Å². The molecule has 0 atom stereocenters. The predicted molar refractivity (Wildman–Crippen MR) is 66.3 cm³/mol. The van der Waals surface area contributed by atoms with E-state index in [0.29, 0.717) is 6.04 Å². The molecule has 0 radical (unpaired) electrons. The van der Waals surface area contributed by atoms with E-state index in [4.69, 9.17) is 12.2 Å². The topological polar surface area (TPSA) is 12.0 Å². The monoisotopic (exact) mass is 205 g/mol. The minimum absolute atomic E-state index is 0.392. The van der Waals surface area contributed by atoms with Crippen LogP contribution in [-0.4, -0.2) is 11.0 Å². The van der Waals surface area contributed by atoms with Gasteiger partial charge in [-0.15, -0.1) is 0 Å². The highest BCUT2D eigenvalue weighted by Gasteiger charge is 1.92. The van der Waals surface area contributed by atoms with Crippen molar-refractivity contribution < 1.29 is 0 Å². The van der Waals surface area contributed by atoms with Crippen molar-refractivity contribution in [2.24, 2.45) is 0 Å². The van der Waals surface area contributed by atoms with Crippen molar-refractivity contribution in [2.45, 2.75) is 19.9 Å². The molecule has 1 aromatic carbocycles. The quantitative estimate of drug-likeness (QED) is 0.601. The maximum absolute atomic E-state index is 5.13. The fraction of sp³-hybridized carbons (Fsp3) is 0.250. The second kappa shape index (κ2) is 5.55. The van der Waals surface area contributed by atoms with Gasteiger partial charge in [-0.25, -0.2) is 0 Å². The first-order valence-corrected chi connectivity index (χ1v) is 5.13. The highest BCUT2D eigenvalue weighted by molar-refractivity contribution is 7.80. The summed E-state index contributed by atoms with van der Waals surface area (Å²) in [6, 6.07) is 10.5. The molecule has 14 heavy (non-hydrogen) atoms. The van der Waals surface area contributed by atoms with Gasteiger partial charge in [0, 0.05) is 6.04 Å². The Kier molecular flexibility index (Phi) is 4.33. The van der Waals surface area contributed by atoms with E-state index in [1.807, 2.05) is 30.4 Å². The van der Waals surface area contributed by atoms with Crippen molar-refractivity contribution in [3.05, 3.63) is 42.0 Å². The lowest BCUT2D eigenvalue weighted by Crippen LogP contribution is -2.26. The van der Waals surface area contributed by atoms with Gasteiger partial charge in [-0.05, 0) is 25.5 Å². The number of nitrogens with one attached hydrogen (secondary N) is 1. The molecule has 0 fully saturated rings. The van der Waals surface area contributed by atoms with Gasteiger partial charge in [-0.1, -0.05) is 48.6 Å². The SMILES string of the molecule is CC(C)NC(=S)/C=C/c1ccccc1. The fourth-order valence-electron chi connectivity index (χ4n) is 1.07. The van der Waals surface area contributed by atoms with Crippen LogP contribution in [0.4, 0.5) is 0 Å². The van der Waals surface area contributed by atoms with Gasteiger partial charge in [0.15, 0.2) is 0 Å². The maximum atomic E-state index is 5.13. The summed E-state index contributed by atoms with van der Waals surface area (Å²) in [7, 11) is 0. The first-order valence-electron chi connectivity index (χ1n) is 4.72. The molecule has 1 nitrogen and oxygen atoms in total.